The minimum Gasteiger partial charge on any atom is -0.493 e. The van der Waals surface area contributed by atoms with Gasteiger partial charge in [0.2, 0.25) is 0 Å². The van der Waals surface area contributed by atoms with Crippen molar-refractivity contribution in [1.29, 1.82) is 0 Å². The second-order valence-corrected chi connectivity index (χ2v) is 6.10. The monoisotopic (exact) mass is 316 g/mol. The van der Waals surface area contributed by atoms with E-state index in [1.807, 2.05) is 0 Å². The molecular formula is C17H17BrO. The first-order chi connectivity index (χ1) is 9.15. The van der Waals surface area contributed by atoms with E-state index < -0.39 is 0 Å². The van der Waals surface area contributed by atoms with Gasteiger partial charge in [0, 0.05) is 6.42 Å². The molecule has 1 atom stereocenters. The van der Waals surface area contributed by atoms with E-state index in [9.17, 15) is 0 Å². The van der Waals surface area contributed by atoms with Gasteiger partial charge >= 0.3 is 0 Å². The van der Waals surface area contributed by atoms with E-state index in [1.54, 1.807) is 0 Å². The van der Waals surface area contributed by atoms with Gasteiger partial charge in [-0.15, -0.1) is 0 Å². The zero-order valence-corrected chi connectivity index (χ0v) is 12.8. The first kappa shape index (κ1) is 12.7. The Morgan fingerprint density at radius 3 is 2.79 bits per heavy atom. The highest BCUT2D eigenvalue weighted by Gasteiger charge is 2.17. The highest BCUT2D eigenvalue weighted by molar-refractivity contribution is 9.09. The summed E-state index contributed by atoms with van der Waals surface area (Å²) in [6, 6.07) is 13.1. The SMILES string of the molecule is Cc1ccc(C)c(C(Br)c2ccc3c(c2)CCO3)c1. The Morgan fingerprint density at radius 2 is 1.95 bits per heavy atom. The van der Waals surface area contributed by atoms with Gasteiger partial charge in [0.25, 0.3) is 0 Å². The van der Waals surface area contributed by atoms with Crippen LogP contribution in [-0.4, -0.2) is 6.61 Å². The van der Waals surface area contributed by atoms with Gasteiger partial charge in [-0.1, -0.05) is 51.8 Å². The third kappa shape index (κ3) is 2.42. The summed E-state index contributed by atoms with van der Waals surface area (Å²) in [6.45, 7) is 5.12. The molecule has 98 valence electrons. The number of halogens is 1. The molecule has 1 unspecified atom stereocenters. The lowest BCUT2D eigenvalue weighted by molar-refractivity contribution is 0.357. The van der Waals surface area contributed by atoms with E-state index in [0.717, 1.165) is 18.8 Å². The third-order valence-corrected chi connectivity index (χ3v) is 4.74. The second-order valence-electron chi connectivity index (χ2n) is 5.19. The van der Waals surface area contributed by atoms with Crippen LogP contribution in [0.3, 0.4) is 0 Å². The molecule has 0 aromatic heterocycles. The molecule has 2 aromatic rings. The average molecular weight is 317 g/mol. The van der Waals surface area contributed by atoms with Gasteiger partial charge in [0.15, 0.2) is 0 Å². The Bertz CT molecular complexity index is 619. The lowest BCUT2D eigenvalue weighted by Gasteiger charge is -2.15. The van der Waals surface area contributed by atoms with Gasteiger partial charge in [0.05, 0.1) is 11.4 Å². The first-order valence-corrected chi connectivity index (χ1v) is 7.53. The van der Waals surface area contributed by atoms with E-state index in [4.69, 9.17) is 4.74 Å². The standard InChI is InChI=1S/C17H17BrO/c1-11-3-4-12(2)15(9-11)17(18)14-5-6-16-13(10-14)7-8-19-16/h3-6,9-10,17H,7-8H2,1-2H3. The summed E-state index contributed by atoms with van der Waals surface area (Å²) in [7, 11) is 0. The number of ether oxygens (including phenoxy) is 1. The predicted octanol–water partition coefficient (Wildman–Crippen LogP) is 4.72. The molecule has 0 saturated heterocycles. The molecule has 0 fully saturated rings. The van der Waals surface area contributed by atoms with Gasteiger partial charge in [-0.05, 0) is 42.2 Å². The van der Waals surface area contributed by atoms with Crippen LogP contribution in [0.4, 0.5) is 0 Å². The molecule has 19 heavy (non-hydrogen) atoms. The number of fused-ring (bicyclic) bond motifs is 1. The van der Waals surface area contributed by atoms with Gasteiger partial charge in [-0.2, -0.15) is 0 Å². The quantitative estimate of drug-likeness (QED) is 0.728. The lowest BCUT2D eigenvalue weighted by atomic mass is 9.97. The summed E-state index contributed by atoms with van der Waals surface area (Å²) in [4.78, 5) is 0.248. The van der Waals surface area contributed by atoms with Crippen molar-refractivity contribution < 1.29 is 4.74 Å². The third-order valence-electron chi connectivity index (χ3n) is 3.71. The minimum absolute atomic E-state index is 0.248. The molecule has 1 nitrogen and oxygen atoms in total. The second kappa shape index (κ2) is 5.01. The minimum atomic E-state index is 0.248. The van der Waals surface area contributed by atoms with Crippen LogP contribution in [0.5, 0.6) is 5.75 Å². The van der Waals surface area contributed by atoms with Crippen LogP contribution >= 0.6 is 15.9 Å². The Kier molecular flexibility index (Phi) is 3.36. The summed E-state index contributed by atoms with van der Waals surface area (Å²) in [5, 5.41) is 0. The van der Waals surface area contributed by atoms with Crippen LogP contribution in [0.15, 0.2) is 36.4 Å². The fraction of sp³-hybridized carbons (Fsp3) is 0.294. The Hall–Kier alpha value is -1.28. The van der Waals surface area contributed by atoms with Crippen molar-refractivity contribution in [3.8, 4) is 5.75 Å². The number of aryl methyl sites for hydroxylation is 2. The van der Waals surface area contributed by atoms with Gasteiger partial charge in [0.1, 0.15) is 5.75 Å². The molecule has 1 aliphatic rings. The zero-order valence-electron chi connectivity index (χ0n) is 11.2. The molecule has 0 amide bonds. The fourth-order valence-electron chi connectivity index (χ4n) is 2.58. The molecular weight excluding hydrogens is 300 g/mol. The highest BCUT2D eigenvalue weighted by atomic mass is 79.9. The van der Waals surface area contributed by atoms with Crippen LogP contribution in [0.2, 0.25) is 0 Å². The molecule has 1 heterocycles. The largest absolute Gasteiger partial charge is 0.493 e. The lowest BCUT2D eigenvalue weighted by Crippen LogP contribution is -1.97. The van der Waals surface area contributed by atoms with Gasteiger partial charge < -0.3 is 4.74 Å². The van der Waals surface area contributed by atoms with Crippen molar-refractivity contribution in [2.75, 3.05) is 6.61 Å². The molecule has 0 aliphatic carbocycles. The van der Waals surface area contributed by atoms with E-state index in [0.29, 0.717) is 0 Å². The molecule has 0 spiro atoms. The van der Waals surface area contributed by atoms with E-state index in [-0.39, 0.29) is 4.83 Å². The molecule has 2 heteroatoms. The van der Waals surface area contributed by atoms with Crippen LogP contribution in [0, 0.1) is 13.8 Å². The topological polar surface area (TPSA) is 9.23 Å². The molecule has 0 radical (unpaired) electrons. The van der Waals surface area contributed by atoms with Crippen LogP contribution < -0.4 is 4.74 Å². The van der Waals surface area contributed by atoms with Crippen molar-refractivity contribution in [2.24, 2.45) is 0 Å². The summed E-state index contributed by atoms with van der Waals surface area (Å²) in [5.74, 6) is 1.05. The number of rotatable bonds is 2. The summed E-state index contributed by atoms with van der Waals surface area (Å²) >= 11 is 3.85. The molecule has 0 saturated carbocycles. The number of hydrogen-bond donors (Lipinski definition) is 0. The summed E-state index contributed by atoms with van der Waals surface area (Å²) in [6.07, 6.45) is 1.02. The van der Waals surface area contributed by atoms with Crippen LogP contribution in [0.25, 0.3) is 0 Å². The van der Waals surface area contributed by atoms with E-state index in [1.165, 1.54) is 27.8 Å². The van der Waals surface area contributed by atoms with Crippen molar-refractivity contribution in [1.82, 2.24) is 0 Å². The smallest absolute Gasteiger partial charge is 0.122 e. The van der Waals surface area contributed by atoms with Crippen molar-refractivity contribution >= 4 is 15.9 Å². The number of benzene rings is 2. The zero-order chi connectivity index (χ0) is 13.4. The molecule has 0 N–H and O–H groups in total. The molecule has 2 aromatic carbocycles. The van der Waals surface area contributed by atoms with E-state index in [2.05, 4.69) is 66.2 Å². The van der Waals surface area contributed by atoms with Crippen molar-refractivity contribution in [3.63, 3.8) is 0 Å². The number of alkyl halides is 1. The van der Waals surface area contributed by atoms with Gasteiger partial charge in [-0.3, -0.25) is 0 Å². The number of hydrogen-bond acceptors (Lipinski definition) is 1. The van der Waals surface area contributed by atoms with Crippen molar-refractivity contribution in [3.05, 3.63) is 64.2 Å². The Balaban J connectivity index is 1.99. The Morgan fingerprint density at radius 1 is 1.11 bits per heavy atom. The normalized spacial score (nSPS) is 14.9. The molecule has 1 aliphatic heterocycles. The maximum atomic E-state index is 5.57. The molecule has 0 bridgehead atoms. The molecule has 3 rings (SSSR count). The Labute approximate surface area is 122 Å². The summed E-state index contributed by atoms with van der Waals surface area (Å²) < 4.78 is 5.57. The summed E-state index contributed by atoms with van der Waals surface area (Å²) in [5.41, 5.74) is 6.60. The van der Waals surface area contributed by atoms with Crippen molar-refractivity contribution in [2.45, 2.75) is 25.1 Å². The van der Waals surface area contributed by atoms with Gasteiger partial charge in [-0.25, -0.2) is 0 Å². The highest BCUT2D eigenvalue weighted by Crippen LogP contribution is 2.36. The average Bonchev–Trinajstić information content (AvgIpc) is 2.88. The van der Waals surface area contributed by atoms with Crippen LogP contribution in [0.1, 0.15) is 32.6 Å². The predicted molar refractivity (Wildman–Crippen MR) is 82.3 cm³/mol. The van der Waals surface area contributed by atoms with Crippen LogP contribution in [-0.2, 0) is 6.42 Å². The maximum Gasteiger partial charge on any atom is 0.122 e. The fourth-order valence-corrected chi connectivity index (χ4v) is 3.35. The maximum absolute atomic E-state index is 5.57. The van der Waals surface area contributed by atoms with E-state index >= 15 is 0 Å². The first-order valence-electron chi connectivity index (χ1n) is 6.62.